The monoisotopic (exact) mass is 360 g/mol. The molecule has 7 heteroatoms. The number of amides is 3. The predicted octanol–water partition coefficient (Wildman–Crippen LogP) is 1.32. The highest BCUT2D eigenvalue weighted by molar-refractivity contribution is 6.00. The van der Waals surface area contributed by atoms with Gasteiger partial charge in [-0.15, -0.1) is 0 Å². The van der Waals surface area contributed by atoms with Gasteiger partial charge in [0.2, 0.25) is 11.8 Å². The molecule has 1 heterocycles. The van der Waals surface area contributed by atoms with Gasteiger partial charge in [-0.25, -0.2) is 0 Å². The van der Waals surface area contributed by atoms with Crippen LogP contribution in [0.15, 0.2) is 24.3 Å². The molecule has 142 valence electrons. The van der Waals surface area contributed by atoms with Crippen LogP contribution in [0.3, 0.4) is 0 Å². The number of para-hydroxylation sites is 1. The van der Waals surface area contributed by atoms with Crippen molar-refractivity contribution in [3.8, 4) is 0 Å². The minimum absolute atomic E-state index is 0.00975. The quantitative estimate of drug-likeness (QED) is 0.733. The molecule has 0 aliphatic carbocycles. The fourth-order valence-corrected chi connectivity index (χ4v) is 3.00. The zero-order chi connectivity index (χ0) is 18.9. The van der Waals surface area contributed by atoms with Crippen LogP contribution in [0.4, 0.5) is 5.69 Å². The first-order valence-electron chi connectivity index (χ1n) is 9.23. The molecule has 0 spiro atoms. The Bertz CT molecular complexity index is 637. The molecule has 1 aromatic rings. The van der Waals surface area contributed by atoms with Gasteiger partial charge in [0.15, 0.2) is 0 Å². The van der Waals surface area contributed by atoms with E-state index in [4.69, 9.17) is 0 Å². The fourth-order valence-electron chi connectivity index (χ4n) is 3.00. The van der Waals surface area contributed by atoms with Crippen LogP contribution in [0, 0.1) is 0 Å². The number of anilines is 1. The highest BCUT2D eigenvalue weighted by Crippen LogP contribution is 2.17. The SMILES string of the molecule is CCN(CC)C(=O)c1ccccc1NCC(=O)NCC(=O)N1CCCC1. The van der Waals surface area contributed by atoms with Gasteiger partial charge in [0.25, 0.3) is 5.91 Å². The molecule has 7 nitrogen and oxygen atoms in total. The van der Waals surface area contributed by atoms with Crippen molar-refractivity contribution in [3.05, 3.63) is 29.8 Å². The van der Waals surface area contributed by atoms with E-state index in [0.29, 0.717) is 24.3 Å². The summed E-state index contributed by atoms with van der Waals surface area (Å²) in [5.74, 6) is -0.390. The van der Waals surface area contributed by atoms with Crippen LogP contribution >= 0.6 is 0 Å². The van der Waals surface area contributed by atoms with Gasteiger partial charge in [-0.2, -0.15) is 0 Å². The van der Waals surface area contributed by atoms with E-state index in [1.807, 2.05) is 19.9 Å². The molecule has 1 aliphatic rings. The maximum absolute atomic E-state index is 12.6. The molecular weight excluding hydrogens is 332 g/mol. The molecule has 1 aromatic carbocycles. The lowest BCUT2D eigenvalue weighted by atomic mass is 10.1. The summed E-state index contributed by atoms with van der Waals surface area (Å²) in [5, 5.41) is 5.64. The van der Waals surface area contributed by atoms with Crippen LogP contribution < -0.4 is 10.6 Å². The van der Waals surface area contributed by atoms with E-state index < -0.39 is 0 Å². The van der Waals surface area contributed by atoms with Gasteiger partial charge in [-0.3, -0.25) is 14.4 Å². The smallest absolute Gasteiger partial charge is 0.255 e. The third-order valence-electron chi connectivity index (χ3n) is 4.54. The number of carbonyl (C=O) groups is 3. The second-order valence-corrected chi connectivity index (χ2v) is 6.24. The molecule has 1 saturated heterocycles. The highest BCUT2D eigenvalue weighted by atomic mass is 16.2. The second-order valence-electron chi connectivity index (χ2n) is 6.24. The Morgan fingerprint density at radius 2 is 1.69 bits per heavy atom. The number of likely N-dealkylation sites (tertiary alicyclic amines) is 1. The number of carbonyl (C=O) groups excluding carboxylic acids is 3. The summed E-state index contributed by atoms with van der Waals surface area (Å²) in [5.41, 5.74) is 1.16. The molecule has 1 fully saturated rings. The number of hydrogen-bond donors (Lipinski definition) is 2. The Kier molecular flexibility index (Phi) is 7.44. The molecule has 3 amide bonds. The first-order chi connectivity index (χ1) is 12.6. The summed E-state index contributed by atoms with van der Waals surface area (Å²) in [6.45, 7) is 6.69. The lowest BCUT2D eigenvalue weighted by Gasteiger charge is -2.20. The standard InChI is InChI=1S/C19H28N4O3/c1-3-22(4-2)19(26)15-9-5-6-10-16(15)20-13-17(24)21-14-18(25)23-11-7-8-12-23/h5-6,9-10,20H,3-4,7-8,11-14H2,1-2H3,(H,21,24). The van der Waals surface area contributed by atoms with Crippen LogP contribution in [0.5, 0.6) is 0 Å². The lowest BCUT2D eigenvalue weighted by Crippen LogP contribution is -2.40. The molecule has 0 saturated carbocycles. The molecular formula is C19H28N4O3. The molecule has 0 bridgehead atoms. The molecule has 2 rings (SSSR count). The number of rotatable bonds is 8. The zero-order valence-electron chi connectivity index (χ0n) is 15.6. The van der Waals surface area contributed by atoms with Gasteiger partial charge in [0.1, 0.15) is 0 Å². The Hall–Kier alpha value is -2.57. The van der Waals surface area contributed by atoms with E-state index in [1.54, 1.807) is 28.0 Å². The molecule has 0 atom stereocenters. The molecule has 2 N–H and O–H groups in total. The molecule has 26 heavy (non-hydrogen) atoms. The Labute approximate surface area is 154 Å². The first kappa shape index (κ1) is 19.8. The van der Waals surface area contributed by atoms with Crippen molar-refractivity contribution in [2.45, 2.75) is 26.7 Å². The van der Waals surface area contributed by atoms with Gasteiger partial charge < -0.3 is 20.4 Å². The Balaban J connectivity index is 1.87. The van der Waals surface area contributed by atoms with Crippen LogP contribution in [-0.2, 0) is 9.59 Å². The third kappa shape index (κ3) is 5.21. The minimum atomic E-state index is -0.275. The summed E-state index contributed by atoms with van der Waals surface area (Å²) < 4.78 is 0. The topological polar surface area (TPSA) is 81.8 Å². The number of nitrogens with one attached hydrogen (secondary N) is 2. The van der Waals surface area contributed by atoms with Crippen LogP contribution in [0.25, 0.3) is 0 Å². The minimum Gasteiger partial charge on any atom is -0.376 e. The van der Waals surface area contributed by atoms with Gasteiger partial charge >= 0.3 is 0 Å². The number of benzene rings is 1. The summed E-state index contributed by atoms with van der Waals surface area (Å²) in [4.78, 5) is 40.0. The average molecular weight is 360 g/mol. The zero-order valence-corrected chi connectivity index (χ0v) is 15.6. The van der Waals surface area contributed by atoms with E-state index in [0.717, 1.165) is 25.9 Å². The third-order valence-corrected chi connectivity index (χ3v) is 4.54. The van der Waals surface area contributed by atoms with Crippen molar-refractivity contribution in [2.24, 2.45) is 0 Å². The number of hydrogen-bond acceptors (Lipinski definition) is 4. The van der Waals surface area contributed by atoms with E-state index in [2.05, 4.69) is 10.6 Å². The summed E-state index contributed by atoms with van der Waals surface area (Å²) in [6, 6.07) is 7.14. The normalized spacial score (nSPS) is 13.4. The molecule has 0 unspecified atom stereocenters. The lowest BCUT2D eigenvalue weighted by molar-refractivity contribution is -0.131. The summed E-state index contributed by atoms with van der Waals surface area (Å²) in [6.07, 6.45) is 2.05. The van der Waals surface area contributed by atoms with E-state index in [1.165, 1.54) is 0 Å². The van der Waals surface area contributed by atoms with E-state index in [9.17, 15) is 14.4 Å². The number of nitrogens with zero attached hydrogens (tertiary/aromatic N) is 2. The Morgan fingerprint density at radius 1 is 1.04 bits per heavy atom. The summed E-state index contributed by atoms with van der Waals surface area (Å²) >= 11 is 0. The Morgan fingerprint density at radius 3 is 2.35 bits per heavy atom. The van der Waals surface area contributed by atoms with Crippen molar-refractivity contribution in [1.82, 2.24) is 15.1 Å². The maximum Gasteiger partial charge on any atom is 0.255 e. The second kappa shape index (κ2) is 9.79. The fraction of sp³-hybridized carbons (Fsp3) is 0.526. The van der Waals surface area contributed by atoms with Crippen LogP contribution in [-0.4, -0.2) is 66.8 Å². The van der Waals surface area contributed by atoms with Crippen molar-refractivity contribution < 1.29 is 14.4 Å². The summed E-state index contributed by atoms with van der Waals surface area (Å²) in [7, 11) is 0. The van der Waals surface area contributed by atoms with Gasteiger partial charge in [-0.05, 0) is 38.8 Å². The van der Waals surface area contributed by atoms with Crippen molar-refractivity contribution in [3.63, 3.8) is 0 Å². The van der Waals surface area contributed by atoms with Gasteiger partial charge in [0, 0.05) is 31.9 Å². The first-order valence-corrected chi connectivity index (χ1v) is 9.23. The highest BCUT2D eigenvalue weighted by Gasteiger charge is 2.19. The van der Waals surface area contributed by atoms with Crippen LogP contribution in [0.2, 0.25) is 0 Å². The van der Waals surface area contributed by atoms with Crippen molar-refractivity contribution in [2.75, 3.05) is 44.6 Å². The average Bonchev–Trinajstić information content (AvgIpc) is 3.20. The van der Waals surface area contributed by atoms with Crippen LogP contribution in [0.1, 0.15) is 37.0 Å². The largest absolute Gasteiger partial charge is 0.376 e. The van der Waals surface area contributed by atoms with Gasteiger partial charge in [0.05, 0.1) is 18.7 Å². The molecule has 1 aliphatic heterocycles. The van der Waals surface area contributed by atoms with E-state index >= 15 is 0 Å². The predicted molar refractivity (Wildman–Crippen MR) is 101 cm³/mol. The van der Waals surface area contributed by atoms with Gasteiger partial charge in [-0.1, -0.05) is 12.1 Å². The molecule has 0 radical (unpaired) electrons. The van der Waals surface area contributed by atoms with E-state index in [-0.39, 0.29) is 30.8 Å². The molecule has 0 aromatic heterocycles. The maximum atomic E-state index is 12.6. The van der Waals surface area contributed by atoms with Crippen molar-refractivity contribution in [1.29, 1.82) is 0 Å². The van der Waals surface area contributed by atoms with Crippen molar-refractivity contribution >= 4 is 23.4 Å².